The van der Waals surface area contributed by atoms with Gasteiger partial charge < -0.3 is 20.3 Å². The first-order valence-electron chi connectivity index (χ1n) is 10.9. The average Bonchev–Trinajstić information content (AvgIpc) is 2.87. The molecule has 0 spiro atoms. The van der Waals surface area contributed by atoms with E-state index in [4.69, 9.17) is 15.2 Å². The normalized spacial score (nSPS) is 15.8. The van der Waals surface area contributed by atoms with Gasteiger partial charge in [0.2, 0.25) is 5.91 Å². The molecule has 0 aliphatic carbocycles. The number of fused-ring (bicyclic) bond motifs is 1. The minimum absolute atomic E-state index is 0. The number of carbonyl (C=O) groups excluding carboxylic acids is 2. The van der Waals surface area contributed by atoms with Crippen molar-refractivity contribution >= 4 is 48.3 Å². The molecule has 1 aromatic rings. The number of nitrogens with two attached hydrogens (primary N) is 1. The molecule has 9 nitrogen and oxygen atoms in total. The summed E-state index contributed by atoms with van der Waals surface area (Å²) < 4.78 is 11.0. The number of carbonyl (C=O) groups is 3. The first-order valence-corrected chi connectivity index (χ1v) is 10.9. The molecule has 188 valence electrons. The van der Waals surface area contributed by atoms with Crippen LogP contribution in [-0.4, -0.2) is 61.3 Å². The smallest absolute Gasteiger partial charge is 0.323 e. The maximum Gasteiger partial charge on any atom is 0.323 e. The van der Waals surface area contributed by atoms with Gasteiger partial charge in [-0.2, -0.15) is 0 Å². The maximum absolute atomic E-state index is 13.2. The van der Waals surface area contributed by atoms with E-state index in [0.717, 1.165) is 32.1 Å². The molecule has 1 aromatic carbocycles. The SMILES string of the molecule is CCOC(=O)[C@H](CCCCCCCN)N[C@H]1COc2ccccc2N(CC(=O)O)C1=O.Cl.Cl. The van der Waals surface area contributed by atoms with Crippen LogP contribution in [0.2, 0.25) is 0 Å². The topological polar surface area (TPSA) is 131 Å². The average molecular weight is 508 g/mol. The lowest BCUT2D eigenvalue weighted by molar-refractivity contribution is -0.146. The number of nitrogens with zero attached hydrogens (tertiary/aromatic N) is 1. The van der Waals surface area contributed by atoms with Gasteiger partial charge in [-0.25, -0.2) is 0 Å². The number of carboxylic acid groups (broad SMARTS) is 1. The number of rotatable bonds is 13. The number of hydrogen-bond donors (Lipinski definition) is 3. The Morgan fingerprint density at radius 1 is 1.21 bits per heavy atom. The molecular formula is C22H35Cl2N3O6. The van der Waals surface area contributed by atoms with E-state index in [0.29, 0.717) is 24.4 Å². The summed E-state index contributed by atoms with van der Waals surface area (Å²) in [4.78, 5) is 38.2. The molecule has 1 aliphatic heterocycles. The summed E-state index contributed by atoms with van der Waals surface area (Å²) in [7, 11) is 0. The highest BCUT2D eigenvalue weighted by molar-refractivity contribution is 6.02. The van der Waals surface area contributed by atoms with E-state index < -0.39 is 36.5 Å². The number of amides is 1. The Balaban J connectivity index is 0.00000512. The Hall–Kier alpha value is -2.07. The number of esters is 1. The number of benzene rings is 1. The lowest BCUT2D eigenvalue weighted by Gasteiger charge is -2.26. The van der Waals surface area contributed by atoms with Gasteiger partial charge in [0.15, 0.2) is 0 Å². The maximum atomic E-state index is 13.2. The van der Waals surface area contributed by atoms with Crippen LogP contribution in [0.4, 0.5) is 5.69 Å². The Bertz CT molecular complexity index is 753. The van der Waals surface area contributed by atoms with Crippen molar-refractivity contribution in [3.05, 3.63) is 24.3 Å². The fraction of sp³-hybridized carbons (Fsp3) is 0.591. The second-order valence-corrected chi connectivity index (χ2v) is 7.47. The first kappa shape index (κ1) is 30.9. The Kier molecular flexibility index (Phi) is 15.5. The second kappa shape index (κ2) is 16.5. The third kappa shape index (κ3) is 9.75. The summed E-state index contributed by atoms with van der Waals surface area (Å²) in [6.07, 6.45) is 5.31. The second-order valence-electron chi connectivity index (χ2n) is 7.47. The molecule has 0 saturated heterocycles. The van der Waals surface area contributed by atoms with Crippen LogP contribution >= 0.6 is 24.8 Å². The molecule has 4 N–H and O–H groups in total. The van der Waals surface area contributed by atoms with Gasteiger partial charge in [-0.15, -0.1) is 24.8 Å². The molecule has 1 heterocycles. The van der Waals surface area contributed by atoms with Crippen LogP contribution < -0.4 is 20.7 Å². The zero-order valence-corrected chi connectivity index (χ0v) is 20.5. The van der Waals surface area contributed by atoms with E-state index in [-0.39, 0.29) is 38.0 Å². The van der Waals surface area contributed by atoms with Gasteiger partial charge in [-0.1, -0.05) is 37.8 Å². The van der Waals surface area contributed by atoms with Crippen molar-refractivity contribution in [2.24, 2.45) is 5.73 Å². The molecule has 1 aliphatic rings. The molecule has 1 amide bonds. The highest BCUT2D eigenvalue weighted by atomic mass is 35.5. The summed E-state index contributed by atoms with van der Waals surface area (Å²) in [6, 6.07) is 5.23. The number of aliphatic carboxylic acids is 1. The van der Waals surface area contributed by atoms with Gasteiger partial charge in [0.1, 0.15) is 31.0 Å². The number of anilines is 1. The highest BCUT2D eigenvalue weighted by Crippen LogP contribution is 2.31. The molecule has 33 heavy (non-hydrogen) atoms. The quantitative estimate of drug-likeness (QED) is 0.274. The minimum atomic E-state index is -1.14. The highest BCUT2D eigenvalue weighted by Gasteiger charge is 2.35. The zero-order valence-electron chi connectivity index (χ0n) is 18.9. The van der Waals surface area contributed by atoms with Gasteiger partial charge in [0.25, 0.3) is 0 Å². The van der Waals surface area contributed by atoms with Crippen LogP contribution in [0.5, 0.6) is 5.75 Å². The number of halogens is 2. The predicted octanol–water partition coefficient (Wildman–Crippen LogP) is 2.53. The zero-order chi connectivity index (χ0) is 22.6. The summed E-state index contributed by atoms with van der Waals surface area (Å²) in [6.45, 7) is 2.12. The van der Waals surface area contributed by atoms with Crippen molar-refractivity contribution in [2.45, 2.75) is 57.5 Å². The van der Waals surface area contributed by atoms with Crippen molar-refractivity contribution in [3.8, 4) is 5.75 Å². The monoisotopic (exact) mass is 507 g/mol. The Morgan fingerprint density at radius 3 is 2.55 bits per heavy atom. The summed E-state index contributed by atoms with van der Waals surface area (Å²) >= 11 is 0. The van der Waals surface area contributed by atoms with Gasteiger partial charge >= 0.3 is 11.9 Å². The number of ether oxygens (including phenoxy) is 2. The van der Waals surface area contributed by atoms with Crippen molar-refractivity contribution < 1.29 is 29.0 Å². The van der Waals surface area contributed by atoms with Gasteiger partial charge in [0, 0.05) is 0 Å². The predicted molar refractivity (Wildman–Crippen MR) is 131 cm³/mol. The molecule has 0 radical (unpaired) electrons. The molecule has 0 aromatic heterocycles. The van der Waals surface area contributed by atoms with Crippen molar-refractivity contribution in [1.29, 1.82) is 0 Å². The first-order chi connectivity index (χ1) is 15.0. The number of nitrogens with one attached hydrogen (secondary N) is 1. The molecule has 0 saturated carbocycles. The van der Waals surface area contributed by atoms with E-state index in [1.165, 1.54) is 4.90 Å². The molecular weight excluding hydrogens is 473 g/mol. The molecule has 0 fully saturated rings. The summed E-state index contributed by atoms with van der Waals surface area (Å²) in [5.74, 6) is -1.59. The van der Waals surface area contributed by atoms with Gasteiger partial charge in [0.05, 0.1) is 12.3 Å². The molecule has 0 unspecified atom stereocenters. The standard InChI is InChI=1S/C22H33N3O6.2ClH/c1-2-30-22(29)16(10-6-4-3-5-9-13-23)24-17-15-31-19-12-8-7-11-18(19)25(21(17)28)14-20(26)27;;/h7-8,11-12,16-17,24H,2-6,9-10,13-15,23H2,1H3,(H,26,27);2*1H/t16-,17-;;/m0../s1. The molecule has 2 rings (SSSR count). The van der Waals surface area contributed by atoms with Crippen LogP contribution in [-0.2, 0) is 19.1 Å². The molecule has 2 atom stereocenters. The summed E-state index contributed by atoms with van der Waals surface area (Å²) in [5, 5.41) is 12.4. The lowest BCUT2D eigenvalue weighted by Crippen LogP contribution is -2.54. The van der Waals surface area contributed by atoms with Crippen LogP contribution in [0.15, 0.2) is 24.3 Å². The van der Waals surface area contributed by atoms with E-state index >= 15 is 0 Å². The van der Waals surface area contributed by atoms with Crippen LogP contribution in [0.3, 0.4) is 0 Å². The third-order valence-electron chi connectivity index (χ3n) is 5.09. The fourth-order valence-electron chi connectivity index (χ4n) is 3.55. The van der Waals surface area contributed by atoms with Crippen molar-refractivity contribution in [2.75, 3.05) is 31.2 Å². The number of hydrogen-bond acceptors (Lipinski definition) is 7. The van der Waals surface area contributed by atoms with E-state index in [2.05, 4.69) is 5.32 Å². The number of unbranched alkanes of at least 4 members (excludes halogenated alkanes) is 4. The van der Waals surface area contributed by atoms with Crippen LogP contribution in [0.1, 0.15) is 45.4 Å². The van der Waals surface area contributed by atoms with E-state index in [1.807, 2.05) is 0 Å². The third-order valence-corrected chi connectivity index (χ3v) is 5.09. The van der Waals surface area contributed by atoms with Gasteiger partial charge in [-0.3, -0.25) is 24.6 Å². The minimum Gasteiger partial charge on any atom is -0.489 e. The van der Waals surface area contributed by atoms with E-state index in [9.17, 15) is 19.5 Å². The van der Waals surface area contributed by atoms with Crippen LogP contribution in [0.25, 0.3) is 0 Å². The summed E-state index contributed by atoms with van der Waals surface area (Å²) in [5.41, 5.74) is 5.91. The van der Waals surface area contributed by atoms with Crippen molar-refractivity contribution in [1.82, 2.24) is 5.32 Å². The number of para-hydroxylation sites is 2. The Morgan fingerprint density at radius 2 is 1.88 bits per heavy atom. The Labute approximate surface area is 207 Å². The molecule has 11 heteroatoms. The van der Waals surface area contributed by atoms with Crippen molar-refractivity contribution in [3.63, 3.8) is 0 Å². The largest absolute Gasteiger partial charge is 0.489 e. The van der Waals surface area contributed by atoms with E-state index in [1.54, 1.807) is 31.2 Å². The number of carboxylic acids is 1. The fourth-order valence-corrected chi connectivity index (χ4v) is 3.55. The lowest BCUT2D eigenvalue weighted by atomic mass is 10.0. The molecule has 0 bridgehead atoms. The van der Waals surface area contributed by atoms with Gasteiger partial charge in [-0.05, 0) is 38.4 Å². The van der Waals surface area contributed by atoms with Crippen LogP contribution in [0, 0.1) is 0 Å².